The minimum Gasteiger partial charge on any atom is -0.486 e. The van der Waals surface area contributed by atoms with Gasteiger partial charge in [0.2, 0.25) is 0 Å². The van der Waals surface area contributed by atoms with Gasteiger partial charge in [0.05, 0.1) is 0 Å². The fraction of sp³-hybridized carbons (Fsp3) is 0.414. The van der Waals surface area contributed by atoms with Crippen LogP contribution in [0.15, 0.2) is 60.0 Å². The molecular weight excluding hydrogens is 470 g/mol. The summed E-state index contributed by atoms with van der Waals surface area (Å²) < 4.78 is 5.74. The lowest BCUT2D eigenvalue weighted by molar-refractivity contribution is 0.0860. The van der Waals surface area contributed by atoms with Crippen LogP contribution in [-0.4, -0.2) is 28.9 Å². The van der Waals surface area contributed by atoms with Crippen LogP contribution < -0.4 is 15.4 Å². The number of aryl methyl sites for hydroxylation is 1. The molecule has 3 aromatic rings. The minimum atomic E-state index is -0.209. The van der Waals surface area contributed by atoms with Crippen LogP contribution in [0.2, 0.25) is 0 Å². The molecule has 2 amide bonds. The monoisotopic (exact) mass is 505 g/mol. The molecule has 0 unspecified atom stereocenters. The summed E-state index contributed by atoms with van der Waals surface area (Å²) in [6, 6.07) is 17.2. The van der Waals surface area contributed by atoms with Gasteiger partial charge in [-0.15, -0.1) is 11.3 Å². The minimum absolute atomic E-state index is 0.0877. The third-order valence-corrected chi connectivity index (χ3v) is 7.40. The SMILES string of the molecule is CCCCCc1ccc(C(=O)N[C@@H]2CCCC[C@H]2NC(=O)c2csc(COc3ccccc3)n2)cc1. The predicted molar refractivity (Wildman–Crippen MR) is 144 cm³/mol. The molecule has 1 aliphatic carbocycles. The first kappa shape index (κ1) is 25.9. The van der Waals surface area contributed by atoms with Gasteiger partial charge in [-0.05, 0) is 55.5 Å². The third-order valence-electron chi connectivity index (χ3n) is 6.57. The van der Waals surface area contributed by atoms with Crippen molar-refractivity contribution >= 4 is 23.2 Å². The topological polar surface area (TPSA) is 80.3 Å². The second-order valence-corrected chi connectivity index (χ2v) is 10.3. The molecule has 0 spiro atoms. The summed E-state index contributed by atoms with van der Waals surface area (Å²) in [6.07, 6.45) is 8.38. The molecule has 2 atom stereocenters. The number of aromatic nitrogens is 1. The van der Waals surface area contributed by atoms with Gasteiger partial charge in [-0.1, -0.05) is 62.9 Å². The Kier molecular flexibility index (Phi) is 9.50. The number of unbranched alkanes of at least 4 members (excludes halogenated alkanes) is 2. The molecular formula is C29H35N3O3S. The van der Waals surface area contributed by atoms with Crippen LogP contribution in [0.1, 0.15) is 83.3 Å². The van der Waals surface area contributed by atoms with Crippen molar-refractivity contribution in [1.82, 2.24) is 15.6 Å². The fourth-order valence-electron chi connectivity index (χ4n) is 4.52. The lowest BCUT2D eigenvalue weighted by atomic mass is 9.90. The van der Waals surface area contributed by atoms with E-state index in [9.17, 15) is 9.59 Å². The molecule has 1 saturated carbocycles. The number of para-hydroxylation sites is 1. The van der Waals surface area contributed by atoms with E-state index in [0.29, 0.717) is 17.9 Å². The summed E-state index contributed by atoms with van der Waals surface area (Å²) in [5.41, 5.74) is 2.31. The molecule has 2 N–H and O–H groups in total. The largest absolute Gasteiger partial charge is 0.486 e. The quantitative estimate of drug-likeness (QED) is 0.317. The maximum Gasteiger partial charge on any atom is 0.271 e. The van der Waals surface area contributed by atoms with Gasteiger partial charge in [-0.25, -0.2) is 4.98 Å². The van der Waals surface area contributed by atoms with Gasteiger partial charge in [0.1, 0.15) is 23.1 Å². The van der Waals surface area contributed by atoms with Crippen molar-refractivity contribution in [3.8, 4) is 5.75 Å². The second-order valence-electron chi connectivity index (χ2n) is 9.33. The fourth-order valence-corrected chi connectivity index (χ4v) is 5.20. The van der Waals surface area contributed by atoms with Gasteiger partial charge in [-0.2, -0.15) is 0 Å². The highest BCUT2D eigenvalue weighted by molar-refractivity contribution is 7.09. The number of hydrogen-bond donors (Lipinski definition) is 2. The van der Waals surface area contributed by atoms with Gasteiger partial charge < -0.3 is 15.4 Å². The van der Waals surface area contributed by atoms with Crippen molar-refractivity contribution in [3.63, 3.8) is 0 Å². The first-order valence-corrected chi connectivity index (χ1v) is 13.8. The molecule has 0 bridgehead atoms. The Bertz CT molecular complexity index is 1110. The molecule has 4 rings (SSSR count). The Morgan fingerprint density at radius 3 is 2.33 bits per heavy atom. The summed E-state index contributed by atoms with van der Waals surface area (Å²) in [6.45, 7) is 2.52. The number of nitrogens with one attached hydrogen (secondary N) is 2. The summed E-state index contributed by atoms with van der Waals surface area (Å²) in [7, 11) is 0. The maximum atomic E-state index is 12.9. The van der Waals surface area contributed by atoms with E-state index < -0.39 is 0 Å². The number of thiazole rings is 1. The highest BCUT2D eigenvalue weighted by Gasteiger charge is 2.29. The van der Waals surface area contributed by atoms with E-state index in [1.54, 1.807) is 5.38 Å². The van der Waals surface area contributed by atoms with E-state index in [0.717, 1.165) is 42.9 Å². The Morgan fingerprint density at radius 2 is 1.64 bits per heavy atom. The standard InChI is InChI=1S/C29H35N3O3S/c1-2-3-5-10-21-15-17-22(18-16-21)28(33)31-24-13-8-9-14-25(24)32-29(34)26-20-36-27(30-26)19-35-23-11-6-4-7-12-23/h4,6-7,11-12,15-18,20,24-25H,2-3,5,8-10,13-14,19H2,1H3,(H,31,33)(H,32,34)/t24-,25-/m1/s1. The van der Waals surface area contributed by atoms with E-state index in [-0.39, 0.29) is 23.9 Å². The normalized spacial score (nSPS) is 17.4. The molecule has 2 aromatic carbocycles. The van der Waals surface area contributed by atoms with Crippen LogP contribution in [0, 0.1) is 0 Å². The molecule has 6 nitrogen and oxygen atoms in total. The molecule has 1 heterocycles. The Morgan fingerprint density at radius 1 is 0.944 bits per heavy atom. The molecule has 36 heavy (non-hydrogen) atoms. The highest BCUT2D eigenvalue weighted by atomic mass is 32.1. The van der Waals surface area contributed by atoms with Crippen LogP contribution in [-0.2, 0) is 13.0 Å². The summed E-state index contributed by atoms with van der Waals surface area (Å²) in [5.74, 6) is 0.473. The van der Waals surface area contributed by atoms with Gasteiger partial charge in [0.15, 0.2) is 0 Å². The average Bonchev–Trinajstić information content (AvgIpc) is 3.39. The first-order valence-electron chi connectivity index (χ1n) is 13.0. The molecule has 0 aliphatic heterocycles. The summed E-state index contributed by atoms with van der Waals surface area (Å²) >= 11 is 1.41. The molecule has 7 heteroatoms. The number of carbonyl (C=O) groups is 2. The van der Waals surface area contributed by atoms with Gasteiger partial charge in [0, 0.05) is 23.0 Å². The van der Waals surface area contributed by atoms with Crippen LogP contribution in [0.25, 0.3) is 0 Å². The van der Waals surface area contributed by atoms with Gasteiger partial charge in [0.25, 0.3) is 11.8 Å². The molecule has 1 aromatic heterocycles. The van der Waals surface area contributed by atoms with Gasteiger partial charge >= 0.3 is 0 Å². The van der Waals surface area contributed by atoms with Crippen LogP contribution in [0.4, 0.5) is 0 Å². The number of nitrogens with zero attached hydrogens (tertiary/aromatic N) is 1. The lowest BCUT2D eigenvalue weighted by Crippen LogP contribution is -2.53. The number of rotatable bonds is 11. The molecule has 0 saturated heterocycles. The lowest BCUT2D eigenvalue weighted by Gasteiger charge is -2.32. The first-order chi connectivity index (χ1) is 17.6. The highest BCUT2D eigenvalue weighted by Crippen LogP contribution is 2.21. The molecule has 1 aliphatic rings. The Labute approximate surface area is 217 Å². The van der Waals surface area contributed by atoms with Gasteiger partial charge in [-0.3, -0.25) is 9.59 Å². The van der Waals surface area contributed by atoms with E-state index in [1.807, 2.05) is 54.6 Å². The van der Waals surface area contributed by atoms with Crippen LogP contribution >= 0.6 is 11.3 Å². The van der Waals surface area contributed by atoms with E-state index in [2.05, 4.69) is 22.5 Å². The zero-order valence-electron chi connectivity index (χ0n) is 20.9. The second kappa shape index (κ2) is 13.2. The Hall–Kier alpha value is -3.19. The number of hydrogen-bond acceptors (Lipinski definition) is 5. The summed E-state index contributed by atoms with van der Waals surface area (Å²) in [4.78, 5) is 30.3. The number of carbonyl (C=O) groups excluding carboxylic acids is 2. The van der Waals surface area contributed by atoms with Crippen molar-refractivity contribution in [3.05, 3.63) is 81.8 Å². The number of benzene rings is 2. The molecule has 1 fully saturated rings. The number of ether oxygens (including phenoxy) is 1. The van der Waals surface area contributed by atoms with Crippen LogP contribution in [0.5, 0.6) is 5.75 Å². The van der Waals surface area contributed by atoms with Crippen molar-refractivity contribution in [2.24, 2.45) is 0 Å². The number of amides is 2. The van der Waals surface area contributed by atoms with Crippen molar-refractivity contribution in [1.29, 1.82) is 0 Å². The zero-order chi connectivity index (χ0) is 25.2. The van der Waals surface area contributed by atoms with E-state index in [1.165, 1.54) is 36.2 Å². The molecule has 190 valence electrons. The maximum absolute atomic E-state index is 12.9. The molecule has 0 radical (unpaired) electrons. The average molecular weight is 506 g/mol. The van der Waals surface area contributed by atoms with Crippen molar-refractivity contribution < 1.29 is 14.3 Å². The van der Waals surface area contributed by atoms with E-state index in [4.69, 9.17) is 4.74 Å². The predicted octanol–water partition coefficient (Wildman–Crippen LogP) is 5.93. The zero-order valence-corrected chi connectivity index (χ0v) is 21.7. The van der Waals surface area contributed by atoms with Crippen LogP contribution in [0.3, 0.4) is 0 Å². The summed E-state index contributed by atoms with van der Waals surface area (Å²) in [5, 5.41) is 8.79. The Balaban J connectivity index is 1.30. The smallest absolute Gasteiger partial charge is 0.271 e. The van der Waals surface area contributed by atoms with Crippen molar-refractivity contribution in [2.75, 3.05) is 0 Å². The van der Waals surface area contributed by atoms with E-state index >= 15 is 0 Å². The third kappa shape index (κ3) is 7.40. The van der Waals surface area contributed by atoms with Crippen molar-refractivity contribution in [2.45, 2.75) is 77.0 Å².